The maximum absolute atomic E-state index is 12.2. The highest BCUT2D eigenvalue weighted by Gasteiger charge is 2.26. The molecule has 25 heavy (non-hydrogen) atoms. The fourth-order valence-corrected chi connectivity index (χ4v) is 2.35. The second-order valence-electron chi connectivity index (χ2n) is 5.93. The zero-order valence-electron chi connectivity index (χ0n) is 13.9. The Bertz CT molecular complexity index is 839. The van der Waals surface area contributed by atoms with Gasteiger partial charge in [0.05, 0.1) is 19.0 Å². The van der Waals surface area contributed by atoms with E-state index in [0.717, 1.165) is 11.1 Å². The summed E-state index contributed by atoms with van der Waals surface area (Å²) in [6.07, 6.45) is 4.53. The Morgan fingerprint density at radius 2 is 2.12 bits per heavy atom. The number of amides is 2. The van der Waals surface area contributed by atoms with Gasteiger partial charge in [-0.3, -0.25) is 0 Å². The van der Waals surface area contributed by atoms with Crippen molar-refractivity contribution in [2.24, 2.45) is 0 Å². The van der Waals surface area contributed by atoms with Gasteiger partial charge in [-0.15, -0.1) is 0 Å². The molecule has 7 nitrogen and oxygen atoms in total. The molecule has 0 aliphatic carbocycles. The number of furan rings is 1. The van der Waals surface area contributed by atoms with E-state index >= 15 is 0 Å². The average molecular weight is 341 g/mol. The smallest absolute Gasteiger partial charge is 0.319 e. The number of carbonyl (C=O) groups excluding carboxylic acids is 1. The summed E-state index contributed by atoms with van der Waals surface area (Å²) in [6.45, 7) is 3.46. The van der Waals surface area contributed by atoms with Crippen LogP contribution in [0.3, 0.4) is 0 Å². The molecule has 0 radical (unpaired) electrons. The third kappa shape index (κ3) is 3.89. The van der Waals surface area contributed by atoms with Crippen molar-refractivity contribution in [3.8, 4) is 11.5 Å². The zero-order valence-corrected chi connectivity index (χ0v) is 13.9. The van der Waals surface area contributed by atoms with E-state index in [9.17, 15) is 9.90 Å². The van der Waals surface area contributed by atoms with Crippen molar-refractivity contribution in [1.29, 1.82) is 0 Å². The molecule has 1 atom stereocenters. The molecule has 0 spiro atoms. The van der Waals surface area contributed by atoms with Crippen molar-refractivity contribution in [3.05, 3.63) is 60.4 Å². The number of aromatic nitrogens is 1. The number of oxazole rings is 1. The second-order valence-corrected chi connectivity index (χ2v) is 5.93. The Labute approximate surface area is 144 Å². The Morgan fingerprint density at radius 3 is 2.80 bits per heavy atom. The molecule has 2 amide bonds. The molecule has 2 heterocycles. The van der Waals surface area contributed by atoms with Crippen LogP contribution >= 0.6 is 0 Å². The SMILES string of the molecule is Cc1ccc(-c2ncco2)cc1NC(=O)NCC(C)(O)c1ccco1. The predicted molar refractivity (Wildman–Crippen MR) is 92.0 cm³/mol. The summed E-state index contributed by atoms with van der Waals surface area (Å²) < 4.78 is 10.5. The highest BCUT2D eigenvalue weighted by molar-refractivity contribution is 5.90. The topological polar surface area (TPSA) is 101 Å². The lowest BCUT2D eigenvalue weighted by Gasteiger charge is -2.21. The number of urea groups is 1. The van der Waals surface area contributed by atoms with Crippen molar-refractivity contribution in [1.82, 2.24) is 10.3 Å². The van der Waals surface area contributed by atoms with Gasteiger partial charge in [-0.25, -0.2) is 9.78 Å². The van der Waals surface area contributed by atoms with Crippen LogP contribution in [-0.4, -0.2) is 22.7 Å². The molecule has 7 heteroatoms. The fraction of sp³-hybridized carbons (Fsp3) is 0.222. The molecule has 2 aromatic heterocycles. The Balaban J connectivity index is 1.66. The molecule has 0 fully saturated rings. The van der Waals surface area contributed by atoms with E-state index in [-0.39, 0.29) is 6.54 Å². The van der Waals surface area contributed by atoms with Gasteiger partial charge in [-0.1, -0.05) is 6.07 Å². The highest BCUT2D eigenvalue weighted by atomic mass is 16.4. The third-order valence-electron chi connectivity index (χ3n) is 3.81. The lowest BCUT2D eigenvalue weighted by molar-refractivity contribution is 0.0372. The molecule has 0 saturated heterocycles. The average Bonchev–Trinajstić information content (AvgIpc) is 3.29. The van der Waals surface area contributed by atoms with E-state index in [1.807, 2.05) is 19.1 Å². The van der Waals surface area contributed by atoms with Gasteiger partial charge in [0.25, 0.3) is 0 Å². The maximum Gasteiger partial charge on any atom is 0.319 e. The molecule has 1 unspecified atom stereocenters. The largest absolute Gasteiger partial charge is 0.466 e. The molecule has 0 aliphatic rings. The van der Waals surface area contributed by atoms with Crippen LogP contribution in [0.5, 0.6) is 0 Å². The van der Waals surface area contributed by atoms with E-state index in [2.05, 4.69) is 15.6 Å². The number of hydrogen-bond donors (Lipinski definition) is 3. The van der Waals surface area contributed by atoms with Gasteiger partial charge in [-0.2, -0.15) is 0 Å². The summed E-state index contributed by atoms with van der Waals surface area (Å²) >= 11 is 0. The van der Waals surface area contributed by atoms with Crippen LogP contribution in [0.15, 0.2) is 57.9 Å². The molecular weight excluding hydrogens is 322 g/mol. The summed E-state index contributed by atoms with van der Waals surface area (Å²) in [5.41, 5.74) is 0.984. The van der Waals surface area contributed by atoms with E-state index < -0.39 is 11.6 Å². The van der Waals surface area contributed by atoms with E-state index in [1.54, 1.807) is 31.3 Å². The summed E-state index contributed by atoms with van der Waals surface area (Å²) in [5, 5.41) is 15.8. The van der Waals surface area contributed by atoms with Crippen LogP contribution in [0.25, 0.3) is 11.5 Å². The number of anilines is 1. The lowest BCUT2D eigenvalue weighted by Crippen LogP contribution is -2.40. The molecule has 130 valence electrons. The summed E-state index contributed by atoms with van der Waals surface area (Å²) in [7, 11) is 0. The van der Waals surface area contributed by atoms with Crippen LogP contribution in [-0.2, 0) is 5.60 Å². The van der Waals surface area contributed by atoms with E-state index in [4.69, 9.17) is 8.83 Å². The molecule has 3 N–H and O–H groups in total. The van der Waals surface area contributed by atoms with Gasteiger partial charge in [-0.05, 0) is 43.7 Å². The number of benzene rings is 1. The van der Waals surface area contributed by atoms with E-state index in [1.165, 1.54) is 12.5 Å². The number of hydrogen-bond acceptors (Lipinski definition) is 5. The normalized spacial score (nSPS) is 13.2. The van der Waals surface area contributed by atoms with Crippen molar-refractivity contribution in [3.63, 3.8) is 0 Å². The number of aryl methyl sites for hydroxylation is 1. The second kappa shape index (κ2) is 6.82. The minimum absolute atomic E-state index is 0.00479. The monoisotopic (exact) mass is 341 g/mol. The van der Waals surface area contributed by atoms with Crippen molar-refractivity contribution >= 4 is 11.7 Å². The maximum atomic E-state index is 12.2. The predicted octanol–water partition coefficient (Wildman–Crippen LogP) is 3.27. The summed E-state index contributed by atoms with van der Waals surface area (Å²) in [6, 6.07) is 8.43. The Kier molecular flexibility index (Phi) is 4.58. The van der Waals surface area contributed by atoms with Crippen LogP contribution in [0.1, 0.15) is 18.2 Å². The molecule has 1 aromatic carbocycles. The van der Waals surface area contributed by atoms with Gasteiger partial charge in [0.2, 0.25) is 5.89 Å². The number of carbonyl (C=O) groups is 1. The Hall–Kier alpha value is -3.06. The third-order valence-corrected chi connectivity index (χ3v) is 3.81. The van der Waals surface area contributed by atoms with Crippen molar-refractivity contribution in [2.45, 2.75) is 19.4 Å². The number of nitrogens with one attached hydrogen (secondary N) is 2. The lowest BCUT2D eigenvalue weighted by atomic mass is 10.0. The minimum Gasteiger partial charge on any atom is -0.466 e. The number of rotatable bonds is 5. The quantitative estimate of drug-likeness (QED) is 0.661. The van der Waals surface area contributed by atoms with Crippen molar-refractivity contribution < 1.29 is 18.7 Å². The van der Waals surface area contributed by atoms with Crippen LogP contribution in [0, 0.1) is 6.92 Å². The molecule has 0 saturated carbocycles. The summed E-state index contributed by atoms with van der Waals surface area (Å²) in [5.74, 6) is 0.860. The van der Waals surface area contributed by atoms with Gasteiger partial charge in [0.15, 0.2) is 0 Å². The fourth-order valence-electron chi connectivity index (χ4n) is 2.35. The standard InChI is InChI=1S/C18H19N3O4/c1-12-5-6-13(16-19-7-9-25-16)10-14(12)21-17(22)20-11-18(2,23)15-4-3-8-24-15/h3-10,23H,11H2,1-2H3,(H2,20,21,22). The van der Waals surface area contributed by atoms with Gasteiger partial charge >= 0.3 is 6.03 Å². The van der Waals surface area contributed by atoms with Gasteiger partial charge < -0.3 is 24.6 Å². The van der Waals surface area contributed by atoms with Crippen LogP contribution in [0.4, 0.5) is 10.5 Å². The van der Waals surface area contributed by atoms with Crippen LogP contribution < -0.4 is 10.6 Å². The number of aliphatic hydroxyl groups is 1. The summed E-state index contributed by atoms with van der Waals surface area (Å²) in [4.78, 5) is 16.3. The number of nitrogens with zero attached hydrogens (tertiary/aromatic N) is 1. The zero-order chi connectivity index (χ0) is 17.9. The first-order valence-corrected chi connectivity index (χ1v) is 7.77. The first kappa shape index (κ1) is 16.8. The first-order chi connectivity index (χ1) is 12.0. The Morgan fingerprint density at radius 1 is 1.28 bits per heavy atom. The van der Waals surface area contributed by atoms with Crippen LogP contribution in [0.2, 0.25) is 0 Å². The molecular formula is C18H19N3O4. The molecule has 0 bridgehead atoms. The van der Waals surface area contributed by atoms with Crippen molar-refractivity contribution in [2.75, 3.05) is 11.9 Å². The molecule has 0 aliphatic heterocycles. The molecule has 3 aromatic rings. The molecule has 3 rings (SSSR count). The first-order valence-electron chi connectivity index (χ1n) is 7.77. The van der Waals surface area contributed by atoms with E-state index in [0.29, 0.717) is 17.3 Å². The van der Waals surface area contributed by atoms with Gasteiger partial charge in [0, 0.05) is 11.3 Å². The highest BCUT2D eigenvalue weighted by Crippen LogP contribution is 2.24. The van der Waals surface area contributed by atoms with Gasteiger partial charge in [0.1, 0.15) is 17.6 Å². The minimum atomic E-state index is -1.30.